The van der Waals surface area contributed by atoms with E-state index in [1.165, 1.54) is 0 Å². The Labute approximate surface area is 134 Å². The van der Waals surface area contributed by atoms with Gasteiger partial charge >= 0.3 is 0 Å². The Morgan fingerprint density at radius 2 is 1.74 bits per heavy atom. The maximum Gasteiger partial charge on any atom is 0.129 e. The van der Waals surface area contributed by atoms with Crippen LogP contribution < -0.4 is 0 Å². The number of hydrogen-bond donors (Lipinski definition) is 0. The van der Waals surface area contributed by atoms with Gasteiger partial charge < -0.3 is 0 Å². The minimum absolute atomic E-state index is 0.0597. The molecule has 100 valence electrons. The Morgan fingerprint density at radius 3 is 2.32 bits per heavy atom. The molecule has 0 heterocycles. The van der Waals surface area contributed by atoms with E-state index in [2.05, 4.69) is 31.9 Å². The summed E-state index contributed by atoms with van der Waals surface area (Å²) in [6.45, 7) is 3.54. The molecular weight excluding hydrogens is 394 g/mol. The average Bonchev–Trinajstić information content (AvgIpc) is 2.38. The average molecular weight is 407 g/mol. The highest BCUT2D eigenvalue weighted by Crippen LogP contribution is 2.39. The predicted octanol–water partition coefficient (Wildman–Crippen LogP) is 6.34. The van der Waals surface area contributed by atoms with Crippen molar-refractivity contribution in [1.29, 1.82) is 0 Å². The van der Waals surface area contributed by atoms with Gasteiger partial charge in [0.15, 0.2) is 0 Å². The first kappa shape index (κ1) is 15.0. The van der Waals surface area contributed by atoms with Crippen molar-refractivity contribution >= 4 is 43.5 Å². The quantitative estimate of drug-likeness (QED) is 0.510. The molecule has 0 aromatic heterocycles. The molecule has 0 aliphatic heterocycles. The fraction of sp³-hybridized carbons (Fsp3) is 0.200. The van der Waals surface area contributed by atoms with E-state index in [4.69, 9.17) is 11.6 Å². The van der Waals surface area contributed by atoms with Crippen LogP contribution in [0.15, 0.2) is 34.8 Å². The zero-order valence-electron chi connectivity index (χ0n) is 10.5. The molecule has 0 amide bonds. The fourth-order valence-corrected chi connectivity index (χ4v) is 3.42. The van der Waals surface area contributed by atoms with Gasteiger partial charge in [-0.05, 0) is 58.1 Å². The number of alkyl halides is 1. The van der Waals surface area contributed by atoms with Crippen molar-refractivity contribution in [3.05, 3.63) is 67.9 Å². The molecule has 0 aliphatic rings. The minimum atomic E-state index is -0.149. The molecule has 0 N–H and O–H groups in total. The van der Waals surface area contributed by atoms with E-state index in [-0.39, 0.29) is 10.6 Å². The third-order valence-electron chi connectivity index (χ3n) is 3.01. The van der Waals surface area contributed by atoms with Crippen molar-refractivity contribution in [1.82, 2.24) is 0 Å². The standard InChI is InChI=1S/C15H12Br2ClF/c1-8-6-10(7-9(2)15(8)19)13(17)11-4-3-5-12(16)14(11)18/h3-7,13H,1-2H3. The van der Waals surface area contributed by atoms with Crippen LogP contribution in [0.2, 0.25) is 5.02 Å². The van der Waals surface area contributed by atoms with Crippen LogP contribution in [0.3, 0.4) is 0 Å². The maximum atomic E-state index is 13.7. The number of halogens is 4. The number of aryl methyl sites for hydroxylation is 2. The summed E-state index contributed by atoms with van der Waals surface area (Å²) in [5.74, 6) is -0.149. The van der Waals surface area contributed by atoms with Crippen molar-refractivity contribution in [2.24, 2.45) is 0 Å². The summed E-state index contributed by atoms with van der Waals surface area (Å²) in [6, 6.07) is 9.48. The summed E-state index contributed by atoms with van der Waals surface area (Å²) in [5, 5.41) is 0.670. The highest BCUT2D eigenvalue weighted by molar-refractivity contribution is 9.10. The summed E-state index contributed by atoms with van der Waals surface area (Å²) < 4.78 is 14.5. The van der Waals surface area contributed by atoms with Gasteiger partial charge in [0, 0.05) is 4.47 Å². The highest BCUT2D eigenvalue weighted by atomic mass is 79.9. The van der Waals surface area contributed by atoms with Gasteiger partial charge in [0.2, 0.25) is 0 Å². The van der Waals surface area contributed by atoms with Gasteiger partial charge in [-0.15, -0.1) is 0 Å². The molecule has 2 aromatic rings. The third-order valence-corrected chi connectivity index (χ3v) is 5.34. The molecule has 4 heteroatoms. The molecule has 1 unspecified atom stereocenters. The molecule has 2 rings (SSSR count). The summed E-state index contributed by atoms with van der Waals surface area (Å²) in [7, 11) is 0. The van der Waals surface area contributed by atoms with Gasteiger partial charge in [0.25, 0.3) is 0 Å². The molecule has 0 bridgehead atoms. The lowest BCUT2D eigenvalue weighted by Crippen LogP contribution is -1.98. The van der Waals surface area contributed by atoms with E-state index in [0.29, 0.717) is 16.1 Å². The topological polar surface area (TPSA) is 0 Å². The molecule has 0 nitrogen and oxygen atoms in total. The second-order valence-corrected chi connectivity index (χ2v) is 6.62. The summed E-state index contributed by atoms with van der Waals surface area (Å²) in [4.78, 5) is -0.0597. The van der Waals surface area contributed by atoms with Crippen LogP contribution in [-0.2, 0) is 0 Å². The van der Waals surface area contributed by atoms with Crippen LogP contribution in [-0.4, -0.2) is 0 Å². The smallest absolute Gasteiger partial charge is 0.129 e. The third kappa shape index (κ3) is 3.04. The second kappa shape index (κ2) is 5.94. The van der Waals surface area contributed by atoms with Crippen molar-refractivity contribution in [3.63, 3.8) is 0 Å². The zero-order chi connectivity index (χ0) is 14.2. The Bertz CT molecular complexity index is 603. The van der Waals surface area contributed by atoms with Crippen molar-refractivity contribution in [2.45, 2.75) is 18.7 Å². The van der Waals surface area contributed by atoms with Gasteiger partial charge in [-0.1, -0.05) is 51.8 Å². The van der Waals surface area contributed by atoms with Gasteiger partial charge in [0.1, 0.15) is 5.82 Å². The van der Waals surface area contributed by atoms with E-state index >= 15 is 0 Å². The van der Waals surface area contributed by atoms with E-state index in [9.17, 15) is 4.39 Å². The van der Waals surface area contributed by atoms with Crippen molar-refractivity contribution in [2.75, 3.05) is 0 Å². The molecule has 0 aliphatic carbocycles. The van der Waals surface area contributed by atoms with E-state index in [0.717, 1.165) is 15.6 Å². The van der Waals surface area contributed by atoms with Gasteiger partial charge in [-0.2, -0.15) is 0 Å². The van der Waals surface area contributed by atoms with E-state index in [1.807, 2.05) is 30.3 Å². The molecule has 0 fully saturated rings. The van der Waals surface area contributed by atoms with Gasteiger partial charge in [0.05, 0.1) is 9.85 Å². The Hall–Kier alpha value is -0.380. The zero-order valence-corrected chi connectivity index (χ0v) is 14.4. The first-order valence-electron chi connectivity index (χ1n) is 5.76. The van der Waals surface area contributed by atoms with Crippen LogP contribution in [0.5, 0.6) is 0 Å². The number of hydrogen-bond acceptors (Lipinski definition) is 0. The molecule has 0 spiro atoms. The van der Waals surface area contributed by atoms with Crippen molar-refractivity contribution in [3.8, 4) is 0 Å². The maximum absolute atomic E-state index is 13.7. The summed E-state index contributed by atoms with van der Waals surface area (Å²) in [5.41, 5.74) is 3.24. The Kier molecular flexibility index (Phi) is 4.70. The lowest BCUT2D eigenvalue weighted by atomic mass is 10.00. The van der Waals surface area contributed by atoms with Crippen LogP contribution >= 0.6 is 43.5 Å². The van der Waals surface area contributed by atoms with Crippen LogP contribution in [0, 0.1) is 19.7 Å². The van der Waals surface area contributed by atoms with E-state index in [1.54, 1.807) is 13.8 Å². The van der Waals surface area contributed by atoms with Crippen molar-refractivity contribution < 1.29 is 4.39 Å². The molecule has 19 heavy (non-hydrogen) atoms. The van der Waals surface area contributed by atoms with E-state index < -0.39 is 0 Å². The number of benzene rings is 2. The first-order chi connectivity index (χ1) is 8.91. The van der Waals surface area contributed by atoms with Crippen LogP contribution in [0.4, 0.5) is 4.39 Å². The Balaban J connectivity index is 2.50. The summed E-state index contributed by atoms with van der Waals surface area (Å²) >= 11 is 13.4. The fourth-order valence-electron chi connectivity index (χ4n) is 2.02. The second-order valence-electron chi connectivity index (χ2n) is 4.47. The molecule has 0 radical (unpaired) electrons. The Morgan fingerprint density at radius 1 is 1.16 bits per heavy atom. The SMILES string of the molecule is Cc1cc(C(Br)c2cccc(Br)c2Cl)cc(C)c1F. The molecule has 1 atom stereocenters. The molecular formula is C15H12Br2ClF. The molecule has 0 saturated heterocycles. The van der Waals surface area contributed by atoms with Gasteiger partial charge in [-0.25, -0.2) is 4.39 Å². The minimum Gasteiger partial charge on any atom is -0.206 e. The van der Waals surface area contributed by atoms with Gasteiger partial charge in [-0.3, -0.25) is 0 Å². The molecule has 2 aromatic carbocycles. The monoisotopic (exact) mass is 404 g/mol. The van der Waals surface area contributed by atoms with Crippen LogP contribution in [0.25, 0.3) is 0 Å². The summed E-state index contributed by atoms with van der Waals surface area (Å²) in [6.07, 6.45) is 0. The molecule has 0 saturated carbocycles. The predicted molar refractivity (Wildman–Crippen MR) is 85.8 cm³/mol. The normalized spacial score (nSPS) is 12.5. The highest BCUT2D eigenvalue weighted by Gasteiger charge is 2.17. The lowest BCUT2D eigenvalue weighted by Gasteiger charge is -2.15. The number of rotatable bonds is 2. The lowest BCUT2D eigenvalue weighted by molar-refractivity contribution is 0.608. The largest absolute Gasteiger partial charge is 0.206 e. The van der Waals surface area contributed by atoms with Crippen LogP contribution in [0.1, 0.15) is 27.1 Å². The first-order valence-corrected chi connectivity index (χ1v) is 7.85.